The first kappa shape index (κ1) is 7.28. The molecule has 1 aliphatic rings. The Balaban J connectivity index is 2.04. The summed E-state index contributed by atoms with van der Waals surface area (Å²) < 4.78 is 5.27. The standard InChI is InChI=1S/C9H10N2O/c1-2-4-10-8(3-1)7-9-11-5-6-12-9/h1-4H,5-7H2. The number of ether oxygens (including phenoxy) is 1. The van der Waals surface area contributed by atoms with Gasteiger partial charge in [-0.15, -0.1) is 0 Å². The van der Waals surface area contributed by atoms with Crippen molar-refractivity contribution in [2.45, 2.75) is 6.42 Å². The van der Waals surface area contributed by atoms with E-state index in [1.54, 1.807) is 6.20 Å². The second-order valence-electron chi connectivity index (χ2n) is 2.62. The minimum absolute atomic E-state index is 0.723. The molecule has 2 heterocycles. The van der Waals surface area contributed by atoms with Crippen LogP contribution in [-0.4, -0.2) is 24.0 Å². The fourth-order valence-corrected chi connectivity index (χ4v) is 1.14. The third-order valence-corrected chi connectivity index (χ3v) is 1.71. The zero-order valence-corrected chi connectivity index (χ0v) is 6.73. The number of aliphatic imine (C=N–C) groups is 1. The average molecular weight is 162 g/mol. The van der Waals surface area contributed by atoms with E-state index in [1.165, 1.54) is 0 Å². The second-order valence-corrected chi connectivity index (χ2v) is 2.62. The summed E-state index contributed by atoms with van der Waals surface area (Å²) in [6, 6.07) is 5.85. The highest BCUT2D eigenvalue weighted by atomic mass is 16.5. The molecule has 0 N–H and O–H groups in total. The van der Waals surface area contributed by atoms with Crippen LogP contribution in [0.25, 0.3) is 0 Å². The second kappa shape index (κ2) is 3.34. The van der Waals surface area contributed by atoms with E-state index in [9.17, 15) is 0 Å². The number of aromatic nitrogens is 1. The number of hydrogen-bond acceptors (Lipinski definition) is 3. The van der Waals surface area contributed by atoms with Crippen molar-refractivity contribution in [2.75, 3.05) is 13.2 Å². The van der Waals surface area contributed by atoms with Crippen LogP contribution in [0.2, 0.25) is 0 Å². The van der Waals surface area contributed by atoms with Crippen molar-refractivity contribution in [1.29, 1.82) is 0 Å². The van der Waals surface area contributed by atoms with Crippen molar-refractivity contribution in [3.05, 3.63) is 30.1 Å². The highest BCUT2D eigenvalue weighted by Gasteiger charge is 2.07. The maximum absolute atomic E-state index is 5.27. The van der Waals surface area contributed by atoms with Gasteiger partial charge in [-0.05, 0) is 12.1 Å². The largest absolute Gasteiger partial charge is 0.479 e. The van der Waals surface area contributed by atoms with Crippen LogP contribution in [0.15, 0.2) is 29.4 Å². The molecule has 0 aliphatic carbocycles. The lowest BCUT2D eigenvalue weighted by Crippen LogP contribution is -2.04. The van der Waals surface area contributed by atoms with Crippen LogP contribution in [0.1, 0.15) is 5.69 Å². The van der Waals surface area contributed by atoms with Gasteiger partial charge in [0.2, 0.25) is 0 Å². The van der Waals surface area contributed by atoms with Crippen LogP contribution < -0.4 is 0 Å². The zero-order valence-electron chi connectivity index (χ0n) is 6.73. The molecule has 0 radical (unpaired) electrons. The normalized spacial score (nSPS) is 15.5. The summed E-state index contributed by atoms with van der Waals surface area (Å²) in [6.45, 7) is 1.52. The predicted octanol–water partition coefficient (Wildman–Crippen LogP) is 1.05. The summed E-state index contributed by atoms with van der Waals surface area (Å²) in [5, 5.41) is 0. The lowest BCUT2D eigenvalue weighted by atomic mass is 10.3. The van der Waals surface area contributed by atoms with Crippen LogP contribution in [0, 0.1) is 0 Å². The van der Waals surface area contributed by atoms with Gasteiger partial charge in [0, 0.05) is 11.9 Å². The molecule has 0 aromatic carbocycles. The molecule has 3 nitrogen and oxygen atoms in total. The van der Waals surface area contributed by atoms with E-state index in [4.69, 9.17) is 4.74 Å². The third-order valence-electron chi connectivity index (χ3n) is 1.71. The molecular formula is C9H10N2O. The van der Waals surface area contributed by atoms with Gasteiger partial charge in [-0.3, -0.25) is 9.98 Å². The van der Waals surface area contributed by atoms with Gasteiger partial charge in [0.1, 0.15) is 6.61 Å². The van der Waals surface area contributed by atoms with E-state index in [0.29, 0.717) is 0 Å². The molecule has 0 amide bonds. The lowest BCUT2D eigenvalue weighted by Gasteiger charge is -1.99. The first-order valence-electron chi connectivity index (χ1n) is 4.01. The van der Waals surface area contributed by atoms with Crippen LogP contribution in [0.3, 0.4) is 0 Å². The first-order valence-corrected chi connectivity index (χ1v) is 4.01. The van der Waals surface area contributed by atoms with Gasteiger partial charge >= 0.3 is 0 Å². The fraction of sp³-hybridized carbons (Fsp3) is 0.333. The monoisotopic (exact) mass is 162 g/mol. The molecule has 0 bridgehead atoms. The molecular weight excluding hydrogens is 152 g/mol. The summed E-state index contributed by atoms with van der Waals surface area (Å²) in [6.07, 6.45) is 2.51. The van der Waals surface area contributed by atoms with E-state index in [0.717, 1.165) is 31.2 Å². The van der Waals surface area contributed by atoms with Gasteiger partial charge in [0.15, 0.2) is 5.90 Å². The van der Waals surface area contributed by atoms with Crippen molar-refractivity contribution < 1.29 is 4.74 Å². The highest BCUT2D eigenvalue weighted by molar-refractivity contribution is 5.79. The Labute approximate surface area is 71.1 Å². The molecule has 0 saturated heterocycles. The van der Waals surface area contributed by atoms with Gasteiger partial charge in [0.25, 0.3) is 0 Å². The van der Waals surface area contributed by atoms with E-state index in [1.807, 2.05) is 18.2 Å². The summed E-state index contributed by atoms with van der Waals surface area (Å²) >= 11 is 0. The van der Waals surface area contributed by atoms with E-state index in [2.05, 4.69) is 9.98 Å². The summed E-state index contributed by atoms with van der Waals surface area (Å²) in [5.74, 6) is 0.814. The topological polar surface area (TPSA) is 34.5 Å². The molecule has 1 aromatic heterocycles. The van der Waals surface area contributed by atoms with Gasteiger partial charge in [-0.25, -0.2) is 0 Å². The van der Waals surface area contributed by atoms with Gasteiger partial charge < -0.3 is 4.74 Å². The fourth-order valence-electron chi connectivity index (χ4n) is 1.14. The van der Waals surface area contributed by atoms with Crippen molar-refractivity contribution in [3.63, 3.8) is 0 Å². The summed E-state index contributed by atoms with van der Waals surface area (Å²) in [4.78, 5) is 8.37. The molecule has 0 atom stereocenters. The number of pyridine rings is 1. The molecule has 0 saturated carbocycles. The van der Waals surface area contributed by atoms with Crippen LogP contribution in [0.5, 0.6) is 0 Å². The van der Waals surface area contributed by atoms with Gasteiger partial charge in [-0.2, -0.15) is 0 Å². The predicted molar refractivity (Wildman–Crippen MR) is 46.2 cm³/mol. The summed E-state index contributed by atoms with van der Waals surface area (Å²) in [7, 11) is 0. The van der Waals surface area contributed by atoms with Gasteiger partial charge in [-0.1, -0.05) is 6.07 Å². The SMILES string of the molecule is c1ccc(CC2=NCCO2)nc1. The lowest BCUT2D eigenvalue weighted by molar-refractivity contribution is 0.340. The Morgan fingerprint density at radius 2 is 2.42 bits per heavy atom. The van der Waals surface area contributed by atoms with Crippen molar-refractivity contribution in [1.82, 2.24) is 4.98 Å². The molecule has 3 heteroatoms. The first-order chi connectivity index (χ1) is 5.95. The Morgan fingerprint density at radius 1 is 1.42 bits per heavy atom. The van der Waals surface area contributed by atoms with Crippen molar-refractivity contribution >= 4 is 5.90 Å². The number of rotatable bonds is 2. The maximum Gasteiger partial charge on any atom is 0.189 e. The average Bonchev–Trinajstić information content (AvgIpc) is 2.59. The quantitative estimate of drug-likeness (QED) is 0.651. The molecule has 0 fully saturated rings. The molecule has 1 aromatic rings. The zero-order chi connectivity index (χ0) is 8.23. The molecule has 62 valence electrons. The molecule has 1 aliphatic heterocycles. The number of hydrogen-bond donors (Lipinski definition) is 0. The van der Waals surface area contributed by atoms with Crippen LogP contribution >= 0.6 is 0 Å². The molecule has 0 unspecified atom stereocenters. The molecule has 2 rings (SSSR count). The van der Waals surface area contributed by atoms with Crippen LogP contribution in [0.4, 0.5) is 0 Å². The van der Waals surface area contributed by atoms with E-state index in [-0.39, 0.29) is 0 Å². The Kier molecular flexibility index (Phi) is 2.03. The maximum atomic E-state index is 5.27. The van der Waals surface area contributed by atoms with E-state index < -0.39 is 0 Å². The Bertz CT molecular complexity index is 282. The van der Waals surface area contributed by atoms with Crippen molar-refractivity contribution in [3.8, 4) is 0 Å². The van der Waals surface area contributed by atoms with Crippen molar-refractivity contribution in [2.24, 2.45) is 4.99 Å². The number of nitrogens with zero attached hydrogens (tertiary/aromatic N) is 2. The molecule has 12 heavy (non-hydrogen) atoms. The Hall–Kier alpha value is -1.38. The molecule has 0 spiro atoms. The Morgan fingerprint density at radius 3 is 3.08 bits per heavy atom. The van der Waals surface area contributed by atoms with Gasteiger partial charge in [0.05, 0.1) is 13.0 Å². The summed E-state index contributed by atoms with van der Waals surface area (Å²) in [5.41, 5.74) is 1.01. The van der Waals surface area contributed by atoms with Crippen LogP contribution in [-0.2, 0) is 11.2 Å². The minimum atomic E-state index is 0.723. The third kappa shape index (κ3) is 1.61. The smallest absolute Gasteiger partial charge is 0.189 e. The minimum Gasteiger partial charge on any atom is -0.479 e. The highest BCUT2D eigenvalue weighted by Crippen LogP contribution is 2.01. The van der Waals surface area contributed by atoms with E-state index >= 15 is 0 Å².